The van der Waals surface area contributed by atoms with Crippen LogP contribution in [-0.4, -0.2) is 30.1 Å². The molecule has 1 aliphatic carbocycles. The van der Waals surface area contributed by atoms with Gasteiger partial charge >= 0.3 is 0 Å². The number of nitrogens with zero attached hydrogens (tertiary/aromatic N) is 1. The zero-order valence-corrected chi connectivity index (χ0v) is 9.47. The third-order valence-electron chi connectivity index (χ3n) is 4.15. The standard InChI is InChI=1S/C12H24N2/c1-11-3-8-14(9-4-11)10-7-12(13)5-2-6-12/h11H,2-10,13H2,1H3. The van der Waals surface area contributed by atoms with Crippen molar-refractivity contribution < 1.29 is 0 Å². The molecular weight excluding hydrogens is 172 g/mol. The van der Waals surface area contributed by atoms with E-state index in [4.69, 9.17) is 5.73 Å². The van der Waals surface area contributed by atoms with Crippen LogP contribution in [-0.2, 0) is 0 Å². The Kier molecular flexibility index (Phi) is 3.13. The minimum Gasteiger partial charge on any atom is -0.325 e. The molecule has 1 saturated heterocycles. The van der Waals surface area contributed by atoms with E-state index >= 15 is 0 Å². The van der Waals surface area contributed by atoms with Crippen molar-refractivity contribution in [1.82, 2.24) is 4.90 Å². The summed E-state index contributed by atoms with van der Waals surface area (Å²) in [5, 5.41) is 0. The number of piperidine rings is 1. The van der Waals surface area contributed by atoms with Gasteiger partial charge in [0.25, 0.3) is 0 Å². The number of likely N-dealkylation sites (tertiary alicyclic amines) is 1. The second kappa shape index (κ2) is 4.19. The minimum absolute atomic E-state index is 0.225. The monoisotopic (exact) mass is 196 g/mol. The van der Waals surface area contributed by atoms with E-state index in [2.05, 4.69) is 11.8 Å². The molecule has 0 aromatic rings. The zero-order valence-electron chi connectivity index (χ0n) is 9.47. The summed E-state index contributed by atoms with van der Waals surface area (Å²) in [6.07, 6.45) is 7.87. The number of hydrogen-bond donors (Lipinski definition) is 1. The summed E-state index contributed by atoms with van der Waals surface area (Å²) in [5.41, 5.74) is 6.45. The van der Waals surface area contributed by atoms with Crippen molar-refractivity contribution in [3.05, 3.63) is 0 Å². The summed E-state index contributed by atoms with van der Waals surface area (Å²) in [6, 6.07) is 0. The van der Waals surface area contributed by atoms with E-state index in [0.29, 0.717) is 0 Å². The highest BCUT2D eigenvalue weighted by Gasteiger charge is 2.32. The van der Waals surface area contributed by atoms with Crippen molar-refractivity contribution in [3.8, 4) is 0 Å². The van der Waals surface area contributed by atoms with Crippen molar-refractivity contribution in [1.29, 1.82) is 0 Å². The van der Waals surface area contributed by atoms with Gasteiger partial charge in [0, 0.05) is 5.54 Å². The first-order valence-electron chi connectivity index (χ1n) is 6.19. The highest BCUT2D eigenvalue weighted by Crippen LogP contribution is 2.32. The Morgan fingerprint density at radius 3 is 2.43 bits per heavy atom. The van der Waals surface area contributed by atoms with Crippen molar-refractivity contribution in [2.45, 2.75) is 51.0 Å². The molecule has 0 unspecified atom stereocenters. The van der Waals surface area contributed by atoms with Gasteiger partial charge < -0.3 is 10.6 Å². The first-order chi connectivity index (χ1) is 6.68. The van der Waals surface area contributed by atoms with E-state index < -0.39 is 0 Å². The molecule has 0 aromatic carbocycles. The Hall–Kier alpha value is -0.0800. The molecule has 0 amide bonds. The molecule has 2 fully saturated rings. The fraction of sp³-hybridized carbons (Fsp3) is 1.00. The Morgan fingerprint density at radius 1 is 1.29 bits per heavy atom. The lowest BCUT2D eigenvalue weighted by Gasteiger charge is -2.40. The van der Waals surface area contributed by atoms with E-state index in [1.54, 1.807) is 0 Å². The van der Waals surface area contributed by atoms with Crippen LogP contribution in [0.4, 0.5) is 0 Å². The van der Waals surface area contributed by atoms with Crippen LogP contribution in [0.5, 0.6) is 0 Å². The Morgan fingerprint density at radius 2 is 1.93 bits per heavy atom. The van der Waals surface area contributed by atoms with E-state index in [9.17, 15) is 0 Å². The fourth-order valence-corrected chi connectivity index (χ4v) is 2.55. The summed E-state index contributed by atoms with van der Waals surface area (Å²) in [4.78, 5) is 2.60. The highest BCUT2D eigenvalue weighted by atomic mass is 15.1. The first-order valence-corrected chi connectivity index (χ1v) is 6.19. The van der Waals surface area contributed by atoms with Gasteiger partial charge in [-0.1, -0.05) is 6.92 Å². The lowest BCUT2D eigenvalue weighted by molar-refractivity contribution is 0.149. The van der Waals surface area contributed by atoms with Crippen LogP contribution in [0.3, 0.4) is 0 Å². The van der Waals surface area contributed by atoms with Gasteiger partial charge in [0.15, 0.2) is 0 Å². The van der Waals surface area contributed by atoms with Gasteiger partial charge in [-0.3, -0.25) is 0 Å². The predicted octanol–water partition coefficient (Wildman–Crippen LogP) is 1.99. The van der Waals surface area contributed by atoms with Crippen LogP contribution < -0.4 is 5.73 Å². The molecule has 82 valence electrons. The molecule has 2 rings (SSSR count). The molecule has 0 bridgehead atoms. The molecular formula is C12H24N2. The molecule has 14 heavy (non-hydrogen) atoms. The highest BCUT2D eigenvalue weighted by molar-refractivity contribution is 4.93. The topological polar surface area (TPSA) is 29.3 Å². The fourth-order valence-electron chi connectivity index (χ4n) is 2.55. The van der Waals surface area contributed by atoms with Crippen LogP contribution in [0.25, 0.3) is 0 Å². The maximum Gasteiger partial charge on any atom is 0.0166 e. The number of nitrogens with two attached hydrogens (primary N) is 1. The molecule has 0 radical (unpaired) electrons. The maximum atomic E-state index is 6.22. The van der Waals surface area contributed by atoms with E-state index in [-0.39, 0.29) is 5.54 Å². The predicted molar refractivity (Wildman–Crippen MR) is 60.2 cm³/mol. The first kappa shape index (κ1) is 10.4. The molecule has 1 saturated carbocycles. The zero-order chi connectivity index (χ0) is 10.0. The van der Waals surface area contributed by atoms with E-state index in [0.717, 1.165) is 5.92 Å². The van der Waals surface area contributed by atoms with Gasteiger partial charge in [-0.2, -0.15) is 0 Å². The Labute approximate surface area is 87.8 Å². The van der Waals surface area contributed by atoms with Gasteiger partial charge in [0.1, 0.15) is 0 Å². The van der Waals surface area contributed by atoms with Gasteiger partial charge in [0.2, 0.25) is 0 Å². The summed E-state index contributed by atoms with van der Waals surface area (Å²) in [5.74, 6) is 0.946. The third kappa shape index (κ3) is 2.48. The summed E-state index contributed by atoms with van der Waals surface area (Å²) < 4.78 is 0. The normalized spacial score (nSPS) is 28.7. The molecule has 1 aliphatic heterocycles. The second-order valence-electron chi connectivity index (χ2n) is 5.49. The lowest BCUT2D eigenvalue weighted by atomic mass is 9.75. The van der Waals surface area contributed by atoms with Crippen LogP contribution in [0.15, 0.2) is 0 Å². The SMILES string of the molecule is CC1CCN(CCC2(N)CCC2)CC1. The van der Waals surface area contributed by atoms with Crippen molar-refractivity contribution in [2.24, 2.45) is 11.7 Å². The Balaban J connectivity index is 1.65. The lowest BCUT2D eigenvalue weighted by Crippen LogP contribution is -2.49. The molecule has 2 N–H and O–H groups in total. The van der Waals surface area contributed by atoms with Crippen LogP contribution in [0, 0.1) is 5.92 Å². The quantitative estimate of drug-likeness (QED) is 0.748. The maximum absolute atomic E-state index is 6.22. The molecule has 0 atom stereocenters. The van der Waals surface area contributed by atoms with Crippen LogP contribution in [0.2, 0.25) is 0 Å². The number of hydrogen-bond acceptors (Lipinski definition) is 2. The van der Waals surface area contributed by atoms with Crippen LogP contribution >= 0.6 is 0 Å². The summed E-state index contributed by atoms with van der Waals surface area (Å²) >= 11 is 0. The number of rotatable bonds is 3. The van der Waals surface area contributed by atoms with Crippen molar-refractivity contribution >= 4 is 0 Å². The van der Waals surface area contributed by atoms with Crippen LogP contribution in [0.1, 0.15) is 45.4 Å². The summed E-state index contributed by atoms with van der Waals surface area (Å²) in [6.45, 7) is 6.21. The smallest absolute Gasteiger partial charge is 0.0166 e. The molecule has 0 aromatic heterocycles. The third-order valence-corrected chi connectivity index (χ3v) is 4.15. The minimum atomic E-state index is 0.225. The molecule has 2 aliphatic rings. The Bertz CT molecular complexity index is 179. The van der Waals surface area contributed by atoms with Crippen molar-refractivity contribution in [2.75, 3.05) is 19.6 Å². The van der Waals surface area contributed by atoms with Gasteiger partial charge in [0.05, 0.1) is 0 Å². The van der Waals surface area contributed by atoms with Gasteiger partial charge in [-0.05, 0) is 64.1 Å². The molecule has 2 heteroatoms. The molecule has 2 nitrogen and oxygen atoms in total. The van der Waals surface area contributed by atoms with E-state index in [1.165, 1.54) is 58.2 Å². The second-order valence-corrected chi connectivity index (χ2v) is 5.49. The average molecular weight is 196 g/mol. The largest absolute Gasteiger partial charge is 0.325 e. The van der Waals surface area contributed by atoms with Gasteiger partial charge in [-0.15, -0.1) is 0 Å². The van der Waals surface area contributed by atoms with Crippen molar-refractivity contribution in [3.63, 3.8) is 0 Å². The van der Waals surface area contributed by atoms with Gasteiger partial charge in [-0.25, -0.2) is 0 Å². The van der Waals surface area contributed by atoms with E-state index in [1.807, 2.05) is 0 Å². The molecule has 1 heterocycles. The molecule has 0 spiro atoms. The summed E-state index contributed by atoms with van der Waals surface area (Å²) in [7, 11) is 0. The average Bonchev–Trinajstić information content (AvgIpc) is 2.14.